The number of aryl methyl sites for hydroxylation is 2. The van der Waals surface area contributed by atoms with E-state index in [1.54, 1.807) is 0 Å². The summed E-state index contributed by atoms with van der Waals surface area (Å²) < 4.78 is 5.42. The Labute approximate surface area is 120 Å². The Hall–Kier alpha value is -1.61. The van der Waals surface area contributed by atoms with Gasteiger partial charge in [-0.1, -0.05) is 19.9 Å². The van der Waals surface area contributed by atoms with Crippen molar-refractivity contribution in [2.24, 2.45) is 0 Å². The maximum Gasteiger partial charge on any atom is 0.0728 e. The molecule has 0 atom stereocenters. The third-order valence-electron chi connectivity index (χ3n) is 4.05. The third-order valence-corrected chi connectivity index (χ3v) is 4.05. The van der Waals surface area contributed by atoms with Crippen LogP contribution in [0.5, 0.6) is 0 Å². The third kappa shape index (κ3) is 2.50. The van der Waals surface area contributed by atoms with Crippen LogP contribution in [0.2, 0.25) is 0 Å². The van der Waals surface area contributed by atoms with Crippen LogP contribution in [-0.2, 0) is 17.6 Å². The molecule has 0 spiro atoms. The number of morpholine rings is 1. The number of pyridine rings is 1. The first-order chi connectivity index (χ1) is 9.81. The van der Waals surface area contributed by atoms with Gasteiger partial charge in [0.25, 0.3) is 0 Å². The van der Waals surface area contributed by atoms with Crippen LogP contribution in [0, 0.1) is 0 Å². The minimum Gasteiger partial charge on any atom is -0.378 e. The minimum atomic E-state index is 0.820. The van der Waals surface area contributed by atoms with Gasteiger partial charge >= 0.3 is 0 Å². The van der Waals surface area contributed by atoms with Gasteiger partial charge in [0.1, 0.15) is 0 Å². The maximum absolute atomic E-state index is 5.42. The van der Waals surface area contributed by atoms with E-state index in [9.17, 15) is 0 Å². The molecule has 20 heavy (non-hydrogen) atoms. The largest absolute Gasteiger partial charge is 0.378 e. The molecule has 0 aliphatic carbocycles. The molecular weight excluding hydrogens is 248 g/mol. The molecule has 0 bridgehead atoms. The van der Waals surface area contributed by atoms with Crippen LogP contribution in [0.1, 0.15) is 25.1 Å². The molecule has 1 aliphatic rings. The Kier molecular flexibility index (Phi) is 3.88. The summed E-state index contributed by atoms with van der Waals surface area (Å²) in [5.74, 6) is 0. The lowest BCUT2D eigenvalue weighted by atomic mass is 10.0. The normalized spacial score (nSPS) is 15.8. The Morgan fingerprint density at radius 2 is 1.90 bits per heavy atom. The molecule has 1 aromatic heterocycles. The van der Waals surface area contributed by atoms with Gasteiger partial charge in [0.15, 0.2) is 0 Å². The van der Waals surface area contributed by atoms with E-state index >= 15 is 0 Å². The standard InChI is InChI=1S/C17H22N2O/c1-3-13-11-14(4-2)18-17-12-15(5-6-16(13)17)19-7-9-20-10-8-19/h5-6,11-12H,3-4,7-10H2,1-2H3. The number of hydrogen-bond donors (Lipinski definition) is 0. The fourth-order valence-corrected chi connectivity index (χ4v) is 2.84. The second kappa shape index (κ2) is 5.80. The van der Waals surface area contributed by atoms with E-state index in [4.69, 9.17) is 9.72 Å². The molecule has 106 valence electrons. The van der Waals surface area contributed by atoms with Crippen molar-refractivity contribution in [1.29, 1.82) is 0 Å². The average Bonchev–Trinajstić information content (AvgIpc) is 2.54. The lowest BCUT2D eigenvalue weighted by molar-refractivity contribution is 0.122. The highest BCUT2D eigenvalue weighted by atomic mass is 16.5. The van der Waals surface area contributed by atoms with E-state index in [1.165, 1.54) is 22.3 Å². The monoisotopic (exact) mass is 270 g/mol. The zero-order valence-corrected chi connectivity index (χ0v) is 12.4. The highest BCUT2D eigenvalue weighted by Crippen LogP contribution is 2.25. The first kappa shape index (κ1) is 13.4. The van der Waals surface area contributed by atoms with Crippen molar-refractivity contribution in [1.82, 2.24) is 4.98 Å². The van der Waals surface area contributed by atoms with E-state index in [2.05, 4.69) is 43.0 Å². The summed E-state index contributed by atoms with van der Waals surface area (Å²) >= 11 is 0. The number of aromatic nitrogens is 1. The molecule has 3 heteroatoms. The van der Waals surface area contributed by atoms with Crippen molar-refractivity contribution < 1.29 is 4.74 Å². The Morgan fingerprint density at radius 3 is 2.60 bits per heavy atom. The van der Waals surface area contributed by atoms with E-state index in [0.717, 1.165) is 44.7 Å². The van der Waals surface area contributed by atoms with Crippen molar-refractivity contribution in [3.8, 4) is 0 Å². The molecule has 1 aromatic carbocycles. The summed E-state index contributed by atoms with van der Waals surface area (Å²) in [6.07, 6.45) is 2.05. The van der Waals surface area contributed by atoms with Gasteiger partial charge in [-0.25, -0.2) is 0 Å². The van der Waals surface area contributed by atoms with Crippen molar-refractivity contribution >= 4 is 16.6 Å². The Bertz CT molecular complexity index is 603. The predicted molar refractivity (Wildman–Crippen MR) is 83.5 cm³/mol. The van der Waals surface area contributed by atoms with Gasteiger partial charge in [-0.05, 0) is 36.6 Å². The van der Waals surface area contributed by atoms with E-state index in [1.807, 2.05) is 0 Å². The van der Waals surface area contributed by atoms with Crippen LogP contribution in [-0.4, -0.2) is 31.3 Å². The molecule has 0 unspecified atom stereocenters. The van der Waals surface area contributed by atoms with Crippen LogP contribution in [0.4, 0.5) is 5.69 Å². The zero-order chi connectivity index (χ0) is 13.9. The molecule has 3 rings (SSSR count). The molecule has 1 fully saturated rings. The van der Waals surface area contributed by atoms with Gasteiger partial charge < -0.3 is 9.64 Å². The van der Waals surface area contributed by atoms with Gasteiger partial charge in [-0.15, -0.1) is 0 Å². The fourth-order valence-electron chi connectivity index (χ4n) is 2.84. The topological polar surface area (TPSA) is 25.4 Å². The molecule has 3 nitrogen and oxygen atoms in total. The summed E-state index contributed by atoms with van der Waals surface area (Å²) in [7, 11) is 0. The summed E-state index contributed by atoms with van der Waals surface area (Å²) in [4.78, 5) is 7.18. The maximum atomic E-state index is 5.42. The molecule has 0 N–H and O–H groups in total. The summed E-state index contributed by atoms with van der Waals surface area (Å²) in [5, 5.41) is 1.29. The fraction of sp³-hybridized carbons (Fsp3) is 0.471. The van der Waals surface area contributed by atoms with E-state index in [-0.39, 0.29) is 0 Å². The molecule has 1 aliphatic heterocycles. The number of anilines is 1. The van der Waals surface area contributed by atoms with Gasteiger partial charge in [-0.3, -0.25) is 4.98 Å². The summed E-state index contributed by atoms with van der Waals surface area (Å²) in [6.45, 7) is 7.96. The molecule has 2 heterocycles. The van der Waals surface area contributed by atoms with Crippen molar-refractivity contribution in [3.05, 3.63) is 35.5 Å². The Morgan fingerprint density at radius 1 is 1.10 bits per heavy atom. The lowest BCUT2D eigenvalue weighted by Gasteiger charge is -2.29. The highest BCUT2D eigenvalue weighted by molar-refractivity contribution is 5.85. The molecule has 1 saturated heterocycles. The van der Waals surface area contributed by atoms with Crippen molar-refractivity contribution in [3.63, 3.8) is 0 Å². The van der Waals surface area contributed by atoms with Crippen LogP contribution < -0.4 is 4.90 Å². The van der Waals surface area contributed by atoms with E-state index in [0.29, 0.717) is 0 Å². The van der Waals surface area contributed by atoms with Crippen LogP contribution in [0.3, 0.4) is 0 Å². The highest BCUT2D eigenvalue weighted by Gasteiger charge is 2.12. The predicted octanol–water partition coefficient (Wildman–Crippen LogP) is 3.20. The van der Waals surface area contributed by atoms with Crippen LogP contribution in [0.25, 0.3) is 10.9 Å². The van der Waals surface area contributed by atoms with Crippen molar-refractivity contribution in [2.75, 3.05) is 31.2 Å². The second-order valence-electron chi connectivity index (χ2n) is 5.28. The van der Waals surface area contributed by atoms with Crippen LogP contribution in [0.15, 0.2) is 24.3 Å². The Balaban J connectivity index is 2.04. The molecule has 2 aromatic rings. The summed E-state index contributed by atoms with van der Waals surface area (Å²) in [6, 6.07) is 8.93. The first-order valence-corrected chi connectivity index (χ1v) is 7.57. The van der Waals surface area contributed by atoms with Gasteiger partial charge in [0.05, 0.1) is 18.7 Å². The van der Waals surface area contributed by atoms with Gasteiger partial charge in [0.2, 0.25) is 0 Å². The number of ether oxygens (including phenoxy) is 1. The van der Waals surface area contributed by atoms with Gasteiger partial charge in [0, 0.05) is 29.9 Å². The quantitative estimate of drug-likeness (QED) is 0.856. The smallest absolute Gasteiger partial charge is 0.0728 e. The SMILES string of the molecule is CCc1cc(CC)c2ccc(N3CCOCC3)cc2n1. The molecular formula is C17H22N2O. The molecule has 0 amide bonds. The first-order valence-electron chi connectivity index (χ1n) is 7.57. The molecule has 0 radical (unpaired) electrons. The summed E-state index contributed by atoms with van der Waals surface area (Å²) in [5.41, 5.74) is 4.99. The number of fused-ring (bicyclic) bond motifs is 1. The van der Waals surface area contributed by atoms with Crippen molar-refractivity contribution in [2.45, 2.75) is 26.7 Å². The average molecular weight is 270 g/mol. The second-order valence-corrected chi connectivity index (χ2v) is 5.28. The lowest BCUT2D eigenvalue weighted by Crippen LogP contribution is -2.36. The number of benzene rings is 1. The molecule has 0 saturated carbocycles. The zero-order valence-electron chi connectivity index (χ0n) is 12.4. The number of rotatable bonds is 3. The minimum absolute atomic E-state index is 0.820. The van der Waals surface area contributed by atoms with Gasteiger partial charge in [-0.2, -0.15) is 0 Å². The van der Waals surface area contributed by atoms with E-state index < -0.39 is 0 Å². The number of hydrogen-bond acceptors (Lipinski definition) is 3. The van der Waals surface area contributed by atoms with Crippen LogP contribution >= 0.6 is 0 Å². The number of nitrogens with zero attached hydrogens (tertiary/aromatic N) is 2.